The zero-order chi connectivity index (χ0) is 10.3. The lowest BCUT2D eigenvalue weighted by Crippen LogP contribution is -2.31. The molecule has 2 heterocycles. The molecular weight excluding hydrogens is 260 g/mol. The van der Waals surface area contributed by atoms with Gasteiger partial charge in [0, 0.05) is 29.4 Å². The molecule has 0 bridgehead atoms. The summed E-state index contributed by atoms with van der Waals surface area (Å²) in [6.07, 6.45) is 0. The van der Waals surface area contributed by atoms with Gasteiger partial charge in [0.05, 0.1) is 0 Å². The molecule has 4 nitrogen and oxygen atoms in total. The second-order valence-corrected chi connectivity index (χ2v) is 5.49. The lowest BCUT2D eigenvalue weighted by atomic mass is 10.6. The quantitative estimate of drug-likeness (QED) is 0.479. The van der Waals surface area contributed by atoms with Crippen molar-refractivity contribution in [3.05, 3.63) is 11.3 Å². The minimum Gasteiger partial charge on any atom is -0.822 e. The SMILES string of the molecule is O=C1NC(=S)S/C1=[N+]1/C(=S)SC=C1[O-]. The van der Waals surface area contributed by atoms with E-state index in [-0.39, 0.29) is 16.8 Å². The number of thioether (sulfide) groups is 2. The van der Waals surface area contributed by atoms with Gasteiger partial charge in [0.15, 0.2) is 10.2 Å². The van der Waals surface area contributed by atoms with Crippen molar-refractivity contribution in [2.24, 2.45) is 0 Å². The molecule has 0 aromatic heterocycles. The zero-order valence-electron chi connectivity index (χ0n) is 6.47. The van der Waals surface area contributed by atoms with E-state index in [0.717, 1.165) is 23.5 Å². The predicted octanol–water partition coefficient (Wildman–Crippen LogP) is -0.264. The molecule has 14 heavy (non-hydrogen) atoms. The highest BCUT2D eigenvalue weighted by atomic mass is 32.2. The number of rotatable bonds is 0. The first-order valence-corrected chi connectivity index (χ1v) is 5.89. The summed E-state index contributed by atoms with van der Waals surface area (Å²) in [5, 5.41) is 15.4. The second-order valence-electron chi connectivity index (χ2n) is 2.32. The molecule has 0 aliphatic carbocycles. The summed E-state index contributed by atoms with van der Waals surface area (Å²) in [6.45, 7) is 0. The Morgan fingerprint density at radius 2 is 2.21 bits per heavy atom. The van der Waals surface area contributed by atoms with E-state index in [4.69, 9.17) is 24.4 Å². The van der Waals surface area contributed by atoms with Crippen LogP contribution in [-0.2, 0) is 4.79 Å². The topological polar surface area (TPSA) is 55.2 Å². The monoisotopic (exact) mass is 262 g/mol. The number of amides is 1. The molecule has 2 aliphatic rings. The van der Waals surface area contributed by atoms with Crippen LogP contribution in [0.2, 0.25) is 0 Å². The van der Waals surface area contributed by atoms with E-state index < -0.39 is 0 Å². The lowest BCUT2D eigenvalue weighted by Gasteiger charge is -2.01. The van der Waals surface area contributed by atoms with Gasteiger partial charge in [0.2, 0.25) is 0 Å². The van der Waals surface area contributed by atoms with E-state index in [1.54, 1.807) is 0 Å². The third kappa shape index (κ3) is 1.58. The van der Waals surface area contributed by atoms with Crippen molar-refractivity contribution in [2.45, 2.75) is 0 Å². The first-order chi connectivity index (χ1) is 6.59. The second kappa shape index (κ2) is 3.61. The molecule has 2 aliphatic heterocycles. The molecule has 0 saturated carbocycles. The Hall–Kier alpha value is -0.440. The number of carbonyl (C=O) groups is 1. The molecule has 72 valence electrons. The molecule has 0 spiro atoms. The van der Waals surface area contributed by atoms with E-state index in [0.29, 0.717) is 8.64 Å². The van der Waals surface area contributed by atoms with Crippen molar-refractivity contribution < 1.29 is 14.5 Å². The Morgan fingerprint density at radius 3 is 2.64 bits per heavy atom. The van der Waals surface area contributed by atoms with Crippen LogP contribution >= 0.6 is 48.0 Å². The zero-order valence-corrected chi connectivity index (χ0v) is 9.74. The van der Waals surface area contributed by atoms with Crippen LogP contribution in [0.4, 0.5) is 0 Å². The van der Waals surface area contributed by atoms with Gasteiger partial charge in [-0.15, -0.1) is 4.58 Å². The molecule has 0 aromatic carbocycles. The lowest BCUT2D eigenvalue weighted by molar-refractivity contribution is -0.521. The Labute approximate surface area is 98.4 Å². The third-order valence-corrected chi connectivity index (χ3v) is 3.84. The molecule has 0 radical (unpaired) electrons. The van der Waals surface area contributed by atoms with Crippen molar-refractivity contribution in [1.29, 1.82) is 0 Å². The van der Waals surface area contributed by atoms with Crippen molar-refractivity contribution in [3.8, 4) is 0 Å². The van der Waals surface area contributed by atoms with E-state index in [1.807, 2.05) is 0 Å². The fraction of sp³-hybridized carbons (Fsp3) is 0. The normalized spacial score (nSPS) is 26.9. The molecule has 1 N–H and O–H groups in total. The highest BCUT2D eigenvalue weighted by Gasteiger charge is 2.37. The van der Waals surface area contributed by atoms with E-state index >= 15 is 0 Å². The molecule has 1 fully saturated rings. The van der Waals surface area contributed by atoms with Gasteiger partial charge in [-0.3, -0.25) is 4.79 Å². The van der Waals surface area contributed by atoms with Crippen molar-refractivity contribution in [2.75, 3.05) is 0 Å². The number of nitrogens with zero attached hydrogens (tertiary/aromatic N) is 1. The first kappa shape index (κ1) is 10.1. The molecule has 0 unspecified atom stereocenters. The van der Waals surface area contributed by atoms with Crippen LogP contribution in [0.5, 0.6) is 0 Å². The Kier molecular flexibility index (Phi) is 2.60. The smallest absolute Gasteiger partial charge is 0.329 e. The van der Waals surface area contributed by atoms with Gasteiger partial charge in [-0.2, -0.15) is 0 Å². The molecule has 1 saturated heterocycles. The maximum absolute atomic E-state index is 11.3. The summed E-state index contributed by atoms with van der Waals surface area (Å²) in [5.41, 5.74) is 0. The number of thiocarbonyl (C=S) groups is 2. The Balaban J connectivity index is 2.50. The summed E-state index contributed by atoms with van der Waals surface area (Å²) < 4.78 is 1.90. The van der Waals surface area contributed by atoms with Crippen molar-refractivity contribution >= 4 is 67.6 Å². The fourth-order valence-electron chi connectivity index (χ4n) is 0.932. The minimum atomic E-state index is -0.369. The van der Waals surface area contributed by atoms with Gasteiger partial charge >= 0.3 is 15.3 Å². The van der Waals surface area contributed by atoms with Crippen molar-refractivity contribution in [3.63, 3.8) is 0 Å². The summed E-state index contributed by atoms with van der Waals surface area (Å²) in [6, 6.07) is 0. The van der Waals surface area contributed by atoms with Gasteiger partial charge in [0.25, 0.3) is 0 Å². The highest BCUT2D eigenvalue weighted by Crippen LogP contribution is 2.23. The average molecular weight is 262 g/mol. The molecule has 0 atom stereocenters. The summed E-state index contributed by atoms with van der Waals surface area (Å²) >= 11 is 11.9. The fourth-order valence-corrected chi connectivity index (χ4v) is 3.03. The Morgan fingerprint density at radius 1 is 1.50 bits per heavy atom. The maximum atomic E-state index is 11.3. The van der Waals surface area contributed by atoms with E-state index in [2.05, 4.69) is 5.32 Å². The molecule has 8 heteroatoms. The molecule has 0 aromatic rings. The van der Waals surface area contributed by atoms with Crippen LogP contribution in [0.25, 0.3) is 0 Å². The number of hydrogen-bond donors (Lipinski definition) is 1. The average Bonchev–Trinajstić information content (AvgIpc) is 2.57. The highest BCUT2D eigenvalue weighted by molar-refractivity contribution is 8.35. The standard InChI is InChI=1S/C6H2N2O2S4/c9-2-1-13-6(12)8(2)4-3(10)7-5(11)14-4/h1H,(H-,7,9,10,11)/b8-4+. The molecule has 1 amide bonds. The summed E-state index contributed by atoms with van der Waals surface area (Å²) in [4.78, 5) is 11.3. The van der Waals surface area contributed by atoms with Crippen LogP contribution < -0.4 is 10.4 Å². The summed E-state index contributed by atoms with van der Waals surface area (Å²) in [7, 11) is 0. The van der Waals surface area contributed by atoms with Gasteiger partial charge in [-0.25, -0.2) is 0 Å². The largest absolute Gasteiger partial charge is 0.822 e. The van der Waals surface area contributed by atoms with Crippen LogP contribution in [0, 0.1) is 0 Å². The van der Waals surface area contributed by atoms with Crippen LogP contribution in [0.15, 0.2) is 11.3 Å². The molecule has 2 rings (SSSR count). The van der Waals surface area contributed by atoms with E-state index in [1.165, 1.54) is 9.98 Å². The van der Waals surface area contributed by atoms with Gasteiger partial charge in [-0.1, -0.05) is 12.2 Å². The van der Waals surface area contributed by atoms with E-state index in [9.17, 15) is 9.90 Å². The minimum absolute atomic E-state index is 0.242. The Bertz CT molecular complexity index is 426. The first-order valence-electron chi connectivity index (χ1n) is 3.37. The van der Waals surface area contributed by atoms with Crippen LogP contribution in [0.3, 0.4) is 0 Å². The maximum Gasteiger partial charge on any atom is 0.329 e. The van der Waals surface area contributed by atoms with Crippen LogP contribution in [0.1, 0.15) is 0 Å². The molecular formula is C6H2N2O2S4. The van der Waals surface area contributed by atoms with Crippen molar-refractivity contribution in [1.82, 2.24) is 5.32 Å². The summed E-state index contributed by atoms with van der Waals surface area (Å²) in [5.74, 6) is -0.658. The number of carbonyl (C=O) groups excluding carboxylic acids is 1. The third-order valence-electron chi connectivity index (χ3n) is 1.47. The van der Waals surface area contributed by atoms with Gasteiger partial charge in [0.1, 0.15) is 0 Å². The predicted molar refractivity (Wildman–Crippen MR) is 61.9 cm³/mol. The van der Waals surface area contributed by atoms with Crippen LogP contribution in [-0.4, -0.2) is 24.2 Å². The van der Waals surface area contributed by atoms with Gasteiger partial charge < -0.3 is 10.4 Å². The number of hydrogen-bond acceptors (Lipinski definition) is 6. The van der Waals surface area contributed by atoms with Gasteiger partial charge in [-0.05, 0) is 11.8 Å². The number of nitrogens with one attached hydrogen (secondary N) is 1.